The number of carbonyl (C=O) groups is 4. The minimum Gasteiger partial charge on any atom is -0.481 e. The molecule has 0 bridgehead atoms. The lowest BCUT2D eigenvalue weighted by molar-refractivity contribution is -0.160. The molecule has 0 aliphatic carbocycles. The van der Waals surface area contributed by atoms with Gasteiger partial charge in [-0.3, -0.25) is 19.2 Å². The van der Waals surface area contributed by atoms with Crippen LogP contribution >= 0.6 is 50.5 Å². The number of rotatable bonds is 17. The second kappa shape index (κ2) is 14.5. The predicted octanol–water partition coefficient (Wildman–Crippen LogP) is 0.516. The van der Waals surface area contributed by atoms with Crippen molar-refractivity contribution >= 4 is 74.4 Å². The van der Waals surface area contributed by atoms with Crippen LogP contribution in [0, 0.1) is 10.8 Å². The van der Waals surface area contributed by atoms with Crippen molar-refractivity contribution in [2.75, 3.05) is 25.6 Å². The van der Waals surface area contributed by atoms with Gasteiger partial charge in [0.2, 0.25) is 0 Å². The van der Waals surface area contributed by atoms with Crippen molar-refractivity contribution < 1.29 is 49.4 Å². The fourth-order valence-electron chi connectivity index (χ4n) is 4.00. The van der Waals surface area contributed by atoms with Crippen LogP contribution in [0.4, 0.5) is 0 Å². The Bertz CT molecular complexity index is 607. The van der Waals surface area contributed by atoms with Gasteiger partial charge in [0, 0.05) is 38.9 Å². The number of aliphatic hydroxyl groups excluding tert-OH is 2. The van der Waals surface area contributed by atoms with Gasteiger partial charge in [-0.2, -0.15) is 50.5 Å². The van der Waals surface area contributed by atoms with Gasteiger partial charge in [-0.25, -0.2) is 0 Å². The first-order chi connectivity index (χ1) is 14.8. The maximum Gasteiger partial charge on any atom is 0.306 e. The molecule has 4 unspecified atom stereocenters. The fraction of sp³-hybridized carbons (Fsp3) is 0.778. The van der Waals surface area contributed by atoms with Crippen molar-refractivity contribution in [3.8, 4) is 0 Å². The molecule has 0 spiro atoms. The molecule has 0 fully saturated rings. The maximum absolute atomic E-state index is 12.0. The molecule has 14 heteroatoms. The first kappa shape index (κ1) is 31.2. The molecule has 0 radical (unpaired) electrons. The molecule has 10 nitrogen and oxygen atoms in total. The lowest BCUT2D eigenvalue weighted by Crippen LogP contribution is -2.64. The molecule has 0 aromatic carbocycles. The Morgan fingerprint density at radius 2 is 1.22 bits per heavy atom. The summed E-state index contributed by atoms with van der Waals surface area (Å²) in [6.07, 6.45) is -2.41. The molecule has 32 heavy (non-hydrogen) atoms. The van der Waals surface area contributed by atoms with Gasteiger partial charge in [-0.15, -0.1) is 0 Å². The first-order valence-electron chi connectivity index (χ1n) is 9.52. The number of esters is 1. The minimum atomic E-state index is -1.84. The third-order valence-corrected chi connectivity index (χ3v) is 7.45. The molecule has 0 aliphatic rings. The molecule has 4 atom stereocenters. The summed E-state index contributed by atoms with van der Waals surface area (Å²) in [7, 11) is 0. The van der Waals surface area contributed by atoms with Crippen LogP contribution in [0.25, 0.3) is 0 Å². The Morgan fingerprint density at radius 3 is 1.50 bits per heavy atom. The predicted molar refractivity (Wildman–Crippen MR) is 128 cm³/mol. The first-order valence-corrected chi connectivity index (χ1v) is 11.7. The van der Waals surface area contributed by atoms with E-state index < -0.39 is 89.5 Å². The van der Waals surface area contributed by atoms with Gasteiger partial charge in [-0.05, 0) is 6.42 Å². The van der Waals surface area contributed by atoms with Crippen LogP contribution in [0.3, 0.4) is 0 Å². The van der Waals surface area contributed by atoms with Crippen LogP contribution in [0.5, 0.6) is 0 Å². The summed E-state index contributed by atoms with van der Waals surface area (Å²) in [6.45, 7) is -1.99. The van der Waals surface area contributed by atoms with E-state index in [1.807, 2.05) is 0 Å². The van der Waals surface area contributed by atoms with Gasteiger partial charge in [0.05, 0.1) is 38.9 Å². The number of hydrogen-bond acceptors (Lipinski definition) is 11. The van der Waals surface area contributed by atoms with Crippen LogP contribution in [-0.4, -0.2) is 90.7 Å². The van der Waals surface area contributed by atoms with Gasteiger partial charge in [0.25, 0.3) is 0 Å². The third-order valence-electron chi connectivity index (χ3n) is 5.40. The van der Waals surface area contributed by atoms with Gasteiger partial charge >= 0.3 is 23.9 Å². The molecule has 186 valence electrons. The summed E-state index contributed by atoms with van der Waals surface area (Å²) in [5.74, 6) is -4.54. The zero-order chi connectivity index (χ0) is 25.1. The number of aliphatic carboxylic acids is 3. The summed E-state index contributed by atoms with van der Waals surface area (Å²) in [5.41, 5.74) is -3.56. The summed E-state index contributed by atoms with van der Waals surface area (Å²) in [4.78, 5) is 46.6. The summed E-state index contributed by atoms with van der Waals surface area (Å²) < 4.78 is 5.26. The highest BCUT2D eigenvalue weighted by Gasteiger charge is 2.62. The molecular formula is C18H30O10S4. The van der Waals surface area contributed by atoms with Gasteiger partial charge in [-0.1, -0.05) is 0 Å². The van der Waals surface area contributed by atoms with Crippen molar-refractivity contribution in [2.45, 2.75) is 47.9 Å². The Labute approximate surface area is 207 Å². The van der Waals surface area contributed by atoms with E-state index in [4.69, 9.17) is 4.74 Å². The highest BCUT2D eigenvalue weighted by molar-refractivity contribution is 7.83. The topological polar surface area (TPSA) is 179 Å². The normalized spacial score (nSPS) is 17.9. The molecule has 5 N–H and O–H groups in total. The second-order valence-electron chi connectivity index (χ2n) is 7.32. The van der Waals surface area contributed by atoms with Crippen LogP contribution in [0.2, 0.25) is 0 Å². The van der Waals surface area contributed by atoms with Crippen molar-refractivity contribution in [2.24, 2.45) is 10.8 Å². The molecule has 0 saturated carbocycles. The molecule has 0 saturated heterocycles. The smallest absolute Gasteiger partial charge is 0.306 e. The molecule has 0 aromatic rings. The molecule has 0 aliphatic heterocycles. The van der Waals surface area contributed by atoms with Crippen LogP contribution < -0.4 is 0 Å². The lowest BCUT2D eigenvalue weighted by Gasteiger charge is -2.57. The summed E-state index contributed by atoms with van der Waals surface area (Å²) in [6, 6.07) is 0. The maximum atomic E-state index is 12.0. The molecule has 0 rings (SSSR count). The van der Waals surface area contributed by atoms with E-state index in [1.54, 1.807) is 0 Å². The zero-order valence-corrected chi connectivity index (χ0v) is 20.7. The van der Waals surface area contributed by atoms with Crippen molar-refractivity contribution in [3.05, 3.63) is 0 Å². The van der Waals surface area contributed by atoms with E-state index in [-0.39, 0.29) is 18.6 Å². The number of carboxylic acids is 3. The summed E-state index contributed by atoms with van der Waals surface area (Å²) >= 11 is 17.1. The van der Waals surface area contributed by atoms with Crippen molar-refractivity contribution in [1.82, 2.24) is 0 Å². The monoisotopic (exact) mass is 534 g/mol. The van der Waals surface area contributed by atoms with E-state index in [9.17, 15) is 44.7 Å². The molecule has 0 aromatic heterocycles. The van der Waals surface area contributed by atoms with Crippen molar-refractivity contribution in [1.29, 1.82) is 0 Å². The standard InChI is InChI=1S/C18H30O10S4/c19-3-2-17(8-20,9-28-16(27)1-4-29)18(10(30)5-13(21)22,11(31)6-14(23)24)12(32)7-15(25)26/h10-12,19-20,29-32H,1-9H2,(H,21,22)(H,23,24)(H,25,26). The quantitative estimate of drug-likeness (QED) is 0.0943. The van der Waals surface area contributed by atoms with E-state index in [2.05, 4.69) is 50.5 Å². The minimum absolute atomic E-state index is 0.0883. The Kier molecular flexibility index (Phi) is 14.1. The molecule has 0 heterocycles. The SMILES string of the molecule is O=C(O)CC(S)C(C(S)CC(=O)O)(C(S)CC(=O)O)C(CO)(CCO)COC(=O)CCS. The average molecular weight is 535 g/mol. The molecular weight excluding hydrogens is 504 g/mol. The second-order valence-corrected chi connectivity index (χ2v) is 9.64. The number of hydrogen-bond donors (Lipinski definition) is 9. The van der Waals surface area contributed by atoms with Gasteiger partial charge < -0.3 is 30.3 Å². The van der Waals surface area contributed by atoms with E-state index in [1.165, 1.54) is 0 Å². The lowest BCUT2D eigenvalue weighted by atomic mass is 9.55. The Morgan fingerprint density at radius 1 is 0.812 bits per heavy atom. The van der Waals surface area contributed by atoms with E-state index in [0.717, 1.165) is 0 Å². The Hall–Kier alpha value is -0.800. The summed E-state index contributed by atoms with van der Waals surface area (Å²) in [5, 5.41) is 44.6. The fourth-order valence-corrected chi connectivity index (χ4v) is 6.91. The van der Waals surface area contributed by atoms with Crippen molar-refractivity contribution in [3.63, 3.8) is 0 Å². The number of ether oxygens (including phenoxy) is 1. The van der Waals surface area contributed by atoms with Crippen LogP contribution in [0.15, 0.2) is 0 Å². The van der Waals surface area contributed by atoms with Gasteiger partial charge in [0.1, 0.15) is 0 Å². The van der Waals surface area contributed by atoms with Gasteiger partial charge in [0.15, 0.2) is 0 Å². The highest BCUT2D eigenvalue weighted by Crippen LogP contribution is 2.57. The largest absolute Gasteiger partial charge is 0.481 e. The molecule has 0 amide bonds. The number of aliphatic hydroxyl groups is 2. The highest BCUT2D eigenvalue weighted by atomic mass is 32.1. The number of thiol groups is 4. The Balaban J connectivity index is 6.99. The zero-order valence-electron chi connectivity index (χ0n) is 17.2. The number of carboxylic acid groups (broad SMARTS) is 3. The van der Waals surface area contributed by atoms with Crippen LogP contribution in [0.1, 0.15) is 32.1 Å². The average Bonchev–Trinajstić information content (AvgIpc) is 2.64. The van der Waals surface area contributed by atoms with E-state index >= 15 is 0 Å². The van der Waals surface area contributed by atoms with Crippen LogP contribution in [-0.2, 0) is 23.9 Å². The van der Waals surface area contributed by atoms with E-state index in [0.29, 0.717) is 0 Å². The third kappa shape index (κ3) is 7.90. The number of carbonyl (C=O) groups excluding carboxylic acids is 1.